The van der Waals surface area contributed by atoms with Crippen molar-refractivity contribution >= 4 is 33.2 Å². The molecule has 1 aromatic carbocycles. The van der Waals surface area contributed by atoms with Crippen LogP contribution in [-0.4, -0.2) is 22.6 Å². The third kappa shape index (κ3) is 2.40. The molecule has 0 radical (unpaired) electrons. The Hall–Kier alpha value is -1.36. The Bertz CT molecular complexity index is 914. The smallest absolute Gasteiger partial charge is 0.123 e. The highest BCUT2D eigenvalue weighted by Gasteiger charge is 2.33. The van der Waals surface area contributed by atoms with Gasteiger partial charge in [-0.05, 0) is 38.6 Å². The first-order valence-corrected chi connectivity index (χ1v) is 9.47. The van der Waals surface area contributed by atoms with Crippen molar-refractivity contribution in [2.45, 2.75) is 38.9 Å². The highest BCUT2D eigenvalue weighted by Crippen LogP contribution is 2.44. The molecular formula is C19H20ClFN2S. The van der Waals surface area contributed by atoms with E-state index in [0.717, 1.165) is 17.0 Å². The van der Waals surface area contributed by atoms with Crippen molar-refractivity contribution in [3.63, 3.8) is 0 Å². The van der Waals surface area contributed by atoms with Crippen LogP contribution in [0.5, 0.6) is 0 Å². The summed E-state index contributed by atoms with van der Waals surface area (Å²) in [5, 5.41) is 4.03. The minimum Gasteiger partial charge on any atom is -0.332 e. The first-order chi connectivity index (χ1) is 11.5. The van der Waals surface area contributed by atoms with Crippen LogP contribution < -0.4 is 0 Å². The second kappa shape index (κ2) is 5.87. The maximum atomic E-state index is 13.6. The zero-order valence-corrected chi connectivity index (χ0v) is 15.6. The van der Waals surface area contributed by atoms with E-state index in [0.29, 0.717) is 18.6 Å². The largest absolute Gasteiger partial charge is 0.332 e. The van der Waals surface area contributed by atoms with Crippen LogP contribution in [-0.2, 0) is 13.0 Å². The zero-order valence-electron chi connectivity index (χ0n) is 14.0. The van der Waals surface area contributed by atoms with Crippen LogP contribution in [0.15, 0.2) is 29.6 Å². The molecule has 3 aromatic rings. The number of nitrogens with zero attached hydrogens (tertiary/aromatic N) is 2. The number of hydrogen-bond donors (Lipinski definition) is 0. The lowest BCUT2D eigenvalue weighted by atomic mass is 9.94. The maximum Gasteiger partial charge on any atom is 0.123 e. The van der Waals surface area contributed by atoms with Gasteiger partial charge in [0.2, 0.25) is 0 Å². The molecule has 1 aliphatic rings. The van der Waals surface area contributed by atoms with Crippen molar-refractivity contribution in [2.75, 3.05) is 7.05 Å². The zero-order chi connectivity index (χ0) is 17.0. The van der Waals surface area contributed by atoms with Gasteiger partial charge in [0.25, 0.3) is 0 Å². The number of benzene rings is 1. The molecule has 0 aliphatic carbocycles. The average Bonchev–Trinajstić information content (AvgIpc) is 3.05. The van der Waals surface area contributed by atoms with E-state index in [9.17, 15) is 4.39 Å². The molecule has 4 rings (SSSR count). The van der Waals surface area contributed by atoms with Crippen LogP contribution in [0.25, 0.3) is 10.2 Å². The summed E-state index contributed by atoms with van der Waals surface area (Å²) < 4.78 is 15.9. The fourth-order valence-corrected chi connectivity index (χ4v) is 5.20. The van der Waals surface area contributed by atoms with Crippen molar-refractivity contribution in [3.8, 4) is 0 Å². The van der Waals surface area contributed by atoms with Crippen molar-refractivity contribution < 1.29 is 4.39 Å². The van der Waals surface area contributed by atoms with Gasteiger partial charge < -0.3 is 4.57 Å². The van der Waals surface area contributed by atoms with Gasteiger partial charge in [-0.1, -0.05) is 23.7 Å². The number of aromatic nitrogens is 1. The lowest BCUT2D eigenvalue weighted by Crippen LogP contribution is -2.38. The quantitative estimate of drug-likeness (QED) is 0.586. The van der Waals surface area contributed by atoms with Crippen LogP contribution in [0.1, 0.15) is 36.7 Å². The Labute approximate surface area is 150 Å². The fourth-order valence-electron chi connectivity index (χ4n) is 3.85. The van der Waals surface area contributed by atoms with Crippen molar-refractivity contribution in [1.82, 2.24) is 9.47 Å². The molecule has 2 nitrogen and oxygen atoms in total. The molecule has 0 spiro atoms. The molecule has 0 saturated carbocycles. The number of hydrogen-bond acceptors (Lipinski definition) is 2. The van der Waals surface area contributed by atoms with E-state index in [1.54, 1.807) is 23.5 Å². The third-order valence-electron chi connectivity index (χ3n) is 5.32. The second-order valence-electron chi connectivity index (χ2n) is 6.73. The standard InChI is InChI=1S/C19H20ClFN2S/c1-11-7-16-17(12(2)22(11)3)18-15(20)10-24-19(18)23(16)9-13-5-4-6-14(21)8-13/h4-6,8,10-12H,7,9H2,1-3H3. The van der Waals surface area contributed by atoms with Gasteiger partial charge in [-0.2, -0.15) is 0 Å². The molecule has 0 amide bonds. The van der Waals surface area contributed by atoms with Gasteiger partial charge in [-0.3, -0.25) is 4.90 Å². The lowest BCUT2D eigenvalue weighted by Gasteiger charge is -2.37. The molecule has 5 heteroatoms. The van der Waals surface area contributed by atoms with Crippen molar-refractivity contribution in [3.05, 3.63) is 57.3 Å². The summed E-state index contributed by atoms with van der Waals surface area (Å²) >= 11 is 8.20. The van der Waals surface area contributed by atoms with E-state index in [4.69, 9.17) is 11.6 Å². The van der Waals surface area contributed by atoms with E-state index in [-0.39, 0.29) is 5.82 Å². The number of fused-ring (bicyclic) bond motifs is 3. The summed E-state index contributed by atoms with van der Waals surface area (Å²) in [5.74, 6) is -0.185. The number of rotatable bonds is 2. The SMILES string of the molecule is CC1Cc2c(c3c(Cl)csc3n2Cc2cccc(F)c2)C(C)N1C. The van der Waals surface area contributed by atoms with E-state index < -0.39 is 0 Å². The van der Waals surface area contributed by atoms with Crippen molar-refractivity contribution in [1.29, 1.82) is 0 Å². The number of halogens is 2. The Morgan fingerprint density at radius 2 is 2.12 bits per heavy atom. The molecule has 126 valence electrons. The Morgan fingerprint density at radius 1 is 1.33 bits per heavy atom. The Morgan fingerprint density at radius 3 is 2.88 bits per heavy atom. The van der Waals surface area contributed by atoms with Gasteiger partial charge in [-0.25, -0.2) is 4.39 Å². The summed E-state index contributed by atoms with van der Waals surface area (Å²) in [5.41, 5.74) is 3.67. The van der Waals surface area contributed by atoms with Crippen LogP contribution >= 0.6 is 22.9 Å². The molecule has 0 saturated heterocycles. The molecular weight excluding hydrogens is 343 g/mol. The number of likely N-dealkylation sites (N-methyl/N-ethyl adjacent to an activating group) is 1. The van der Waals surface area contributed by atoms with Gasteiger partial charge in [0.1, 0.15) is 10.6 Å². The maximum absolute atomic E-state index is 13.6. The van der Waals surface area contributed by atoms with Crippen LogP contribution in [0.3, 0.4) is 0 Å². The monoisotopic (exact) mass is 362 g/mol. The second-order valence-corrected chi connectivity index (χ2v) is 8.00. The van der Waals surface area contributed by atoms with E-state index >= 15 is 0 Å². The predicted octanol–water partition coefficient (Wildman–Crippen LogP) is 5.48. The van der Waals surface area contributed by atoms with Crippen LogP contribution in [0.4, 0.5) is 4.39 Å². The minimum atomic E-state index is -0.185. The van der Waals surface area contributed by atoms with Gasteiger partial charge in [0.05, 0.1) is 5.02 Å². The van der Waals surface area contributed by atoms with E-state index in [1.165, 1.54) is 27.5 Å². The summed E-state index contributed by atoms with van der Waals surface area (Å²) in [4.78, 5) is 3.60. The first kappa shape index (κ1) is 16.1. The van der Waals surface area contributed by atoms with Crippen LogP contribution in [0, 0.1) is 5.82 Å². The molecule has 2 aromatic heterocycles. The van der Waals surface area contributed by atoms with Gasteiger partial charge in [-0.15, -0.1) is 11.3 Å². The van der Waals surface area contributed by atoms with Gasteiger partial charge in [0, 0.05) is 47.1 Å². The molecule has 0 bridgehead atoms. The molecule has 1 aliphatic heterocycles. The summed E-state index contributed by atoms with van der Waals surface area (Å²) in [6.07, 6.45) is 0.989. The molecule has 2 atom stereocenters. The van der Waals surface area contributed by atoms with Crippen molar-refractivity contribution in [2.24, 2.45) is 0 Å². The normalized spacial score (nSPS) is 21.4. The highest BCUT2D eigenvalue weighted by molar-refractivity contribution is 7.17. The Kier molecular flexibility index (Phi) is 3.94. The summed E-state index contributed by atoms with van der Waals surface area (Å²) in [6, 6.07) is 7.67. The summed E-state index contributed by atoms with van der Waals surface area (Å²) in [7, 11) is 2.17. The van der Waals surface area contributed by atoms with E-state index in [2.05, 4.69) is 30.4 Å². The van der Waals surface area contributed by atoms with Gasteiger partial charge >= 0.3 is 0 Å². The molecule has 3 heterocycles. The first-order valence-electron chi connectivity index (χ1n) is 8.21. The number of thiophene rings is 1. The molecule has 24 heavy (non-hydrogen) atoms. The van der Waals surface area contributed by atoms with E-state index in [1.807, 2.05) is 11.4 Å². The fraction of sp³-hybridized carbons (Fsp3) is 0.368. The lowest BCUT2D eigenvalue weighted by molar-refractivity contribution is 0.178. The predicted molar refractivity (Wildman–Crippen MR) is 99.7 cm³/mol. The molecule has 2 unspecified atom stereocenters. The highest BCUT2D eigenvalue weighted by atomic mass is 35.5. The average molecular weight is 363 g/mol. The summed E-state index contributed by atoms with van der Waals surface area (Å²) in [6.45, 7) is 5.19. The van der Waals surface area contributed by atoms with Crippen LogP contribution in [0.2, 0.25) is 5.02 Å². The Balaban J connectivity index is 1.91. The topological polar surface area (TPSA) is 8.17 Å². The minimum absolute atomic E-state index is 0.185. The third-order valence-corrected chi connectivity index (χ3v) is 6.75. The van der Waals surface area contributed by atoms with Gasteiger partial charge in [0.15, 0.2) is 0 Å². The molecule has 0 fully saturated rings. The molecule has 0 N–H and O–H groups in total.